The van der Waals surface area contributed by atoms with Gasteiger partial charge in [-0.05, 0) is 52.7 Å². The van der Waals surface area contributed by atoms with Gasteiger partial charge in [0.2, 0.25) is 0 Å². The molecule has 32 heavy (non-hydrogen) atoms. The summed E-state index contributed by atoms with van der Waals surface area (Å²) in [6.45, 7) is 1.72. The number of nitriles is 1. The molecule has 0 aliphatic heterocycles. The summed E-state index contributed by atoms with van der Waals surface area (Å²) in [7, 11) is 1.24. The van der Waals surface area contributed by atoms with E-state index in [-0.39, 0.29) is 35.1 Å². The fourth-order valence-electron chi connectivity index (χ4n) is 2.48. The van der Waals surface area contributed by atoms with Gasteiger partial charge in [-0.1, -0.05) is 6.07 Å². The number of ether oxygens (including phenoxy) is 3. The zero-order chi connectivity index (χ0) is 23.7. The van der Waals surface area contributed by atoms with Crippen LogP contribution in [0.15, 0.2) is 46.4 Å². The summed E-state index contributed by atoms with van der Waals surface area (Å²) in [5.41, 5.74) is 0.178. The number of non-ortho nitro benzene ring substituents is 1. The largest absolute Gasteiger partial charge is 0.490 e. The topological polar surface area (TPSA) is 141 Å². The third-order valence-electron chi connectivity index (χ3n) is 3.88. The molecule has 0 unspecified atom stereocenters. The average Bonchev–Trinajstić information content (AvgIpc) is 2.76. The molecule has 1 N–H and O–H groups in total. The van der Waals surface area contributed by atoms with Crippen LogP contribution < -0.4 is 14.8 Å². The van der Waals surface area contributed by atoms with Gasteiger partial charge in [-0.2, -0.15) is 5.26 Å². The molecular formula is C21H18BrN3O7. The summed E-state index contributed by atoms with van der Waals surface area (Å²) in [6.07, 6.45) is 1.32. The van der Waals surface area contributed by atoms with Crippen molar-refractivity contribution in [2.24, 2.45) is 0 Å². The second-order valence-corrected chi connectivity index (χ2v) is 6.91. The van der Waals surface area contributed by atoms with Gasteiger partial charge in [0.1, 0.15) is 11.6 Å². The highest BCUT2D eigenvalue weighted by molar-refractivity contribution is 9.10. The first-order valence-electron chi connectivity index (χ1n) is 9.12. The van der Waals surface area contributed by atoms with E-state index >= 15 is 0 Å². The number of carbonyl (C=O) groups excluding carboxylic acids is 2. The van der Waals surface area contributed by atoms with Crippen LogP contribution in [-0.4, -0.2) is 37.1 Å². The van der Waals surface area contributed by atoms with Crippen molar-refractivity contribution in [3.8, 4) is 17.6 Å². The molecule has 0 radical (unpaired) electrons. The summed E-state index contributed by atoms with van der Waals surface area (Å²) < 4.78 is 16.0. The van der Waals surface area contributed by atoms with E-state index in [4.69, 9.17) is 9.47 Å². The molecule has 0 spiro atoms. The monoisotopic (exact) mass is 503 g/mol. The van der Waals surface area contributed by atoms with Crippen LogP contribution in [0.1, 0.15) is 12.5 Å². The maximum Gasteiger partial charge on any atom is 0.343 e. The second-order valence-electron chi connectivity index (χ2n) is 6.06. The molecule has 0 saturated carbocycles. The van der Waals surface area contributed by atoms with Crippen molar-refractivity contribution in [2.75, 3.05) is 25.6 Å². The lowest BCUT2D eigenvalue weighted by Gasteiger charge is -2.14. The van der Waals surface area contributed by atoms with Gasteiger partial charge in [-0.25, -0.2) is 4.79 Å². The summed E-state index contributed by atoms with van der Waals surface area (Å²) in [4.78, 5) is 34.2. The Hall–Kier alpha value is -3.91. The molecule has 0 heterocycles. The van der Waals surface area contributed by atoms with Crippen molar-refractivity contribution in [3.05, 3.63) is 62.1 Å². The molecule has 0 aromatic heterocycles. The van der Waals surface area contributed by atoms with Gasteiger partial charge in [-0.3, -0.25) is 14.9 Å². The number of esters is 1. The number of halogens is 1. The zero-order valence-corrected chi connectivity index (χ0v) is 18.7. The zero-order valence-electron chi connectivity index (χ0n) is 17.1. The number of amides is 1. The van der Waals surface area contributed by atoms with Gasteiger partial charge in [0.25, 0.3) is 11.6 Å². The van der Waals surface area contributed by atoms with Crippen LogP contribution in [0, 0.1) is 21.4 Å². The minimum atomic E-state index is -0.743. The third kappa shape index (κ3) is 6.55. The van der Waals surface area contributed by atoms with Crippen LogP contribution in [-0.2, 0) is 14.3 Å². The highest BCUT2D eigenvalue weighted by Gasteiger charge is 2.16. The number of nitrogens with zero attached hydrogens (tertiary/aromatic N) is 2. The Bertz CT molecular complexity index is 1110. The molecule has 2 aromatic rings. The molecule has 0 aliphatic rings. The van der Waals surface area contributed by atoms with Crippen LogP contribution in [0.3, 0.4) is 0 Å². The van der Waals surface area contributed by atoms with Gasteiger partial charge in [0.05, 0.1) is 23.1 Å². The molecule has 2 aromatic carbocycles. The molecule has 1 amide bonds. The minimum Gasteiger partial charge on any atom is -0.490 e. The number of nitrogens with one attached hydrogen (secondary N) is 1. The quantitative estimate of drug-likeness (QED) is 0.179. The Morgan fingerprint density at radius 1 is 1.28 bits per heavy atom. The second kappa shape index (κ2) is 11.5. The van der Waals surface area contributed by atoms with Gasteiger partial charge < -0.3 is 19.5 Å². The highest BCUT2D eigenvalue weighted by atomic mass is 79.9. The Labute approximate surface area is 191 Å². The Morgan fingerprint density at radius 3 is 2.66 bits per heavy atom. The maximum atomic E-state index is 12.5. The average molecular weight is 504 g/mol. The SMILES string of the molecule is CCOc1cc(/C=C(\C#N)C(=O)Nc2cccc([N+](=O)[O-])c2)cc(Br)c1OCC(=O)OC. The standard InChI is InChI=1S/C21H18BrN3O7/c1-3-31-18-9-13(8-17(22)20(18)32-12-19(26)30-2)7-14(11-23)21(27)24-15-5-4-6-16(10-15)25(28)29/h4-10H,3,12H2,1-2H3,(H,24,27)/b14-7+. The van der Waals surface area contributed by atoms with Crippen LogP contribution in [0.25, 0.3) is 6.08 Å². The number of hydrogen-bond acceptors (Lipinski definition) is 8. The summed E-state index contributed by atoms with van der Waals surface area (Å²) in [5.74, 6) is -0.775. The van der Waals surface area contributed by atoms with E-state index in [2.05, 4.69) is 26.0 Å². The fourth-order valence-corrected chi connectivity index (χ4v) is 3.05. The van der Waals surface area contributed by atoms with E-state index in [1.165, 1.54) is 37.5 Å². The first-order chi connectivity index (χ1) is 15.3. The molecule has 0 fully saturated rings. The lowest BCUT2D eigenvalue weighted by Crippen LogP contribution is -2.14. The molecule has 0 aliphatic carbocycles. The summed E-state index contributed by atoms with van der Waals surface area (Å²) in [6, 6.07) is 10.3. The third-order valence-corrected chi connectivity index (χ3v) is 4.47. The van der Waals surface area contributed by atoms with Crippen LogP contribution in [0.2, 0.25) is 0 Å². The van der Waals surface area contributed by atoms with Crippen molar-refractivity contribution in [3.63, 3.8) is 0 Å². The molecule has 0 bridgehead atoms. The van der Waals surface area contributed by atoms with Gasteiger partial charge in [-0.15, -0.1) is 0 Å². The number of hydrogen-bond donors (Lipinski definition) is 1. The molecule has 11 heteroatoms. The lowest BCUT2D eigenvalue weighted by molar-refractivity contribution is -0.384. The lowest BCUT2D eigenvalue weighted by atomic mass is 10.1. The molecule has 2 rings (SSSR count). The van der Waals surface area contributed by atoms with Gasteiger partial charge in [0, 0.05) is 17.8 Å². The van der Waals surface area contributed by atoms with Crippen molar-refractivity contribution in [1.82, 2.24) is 0 Å². The Morgan fingerprint density at radius 2 is 2.03 bits per heavy atom. The van der Waals surface area contributed by atoms with E-state index in [9.17, 15) is 25.0 Å². The molecule has 10 nitrogen and oxygen atoms in total. The van der Waals surface area contributed by atoms with E-state index in [1.807, 2.05) is 6.07 Å². The van der Waals surface area contributed by atoms with Crippen molar-refractivity contribution < 1.29 is 28.7 Å². The summed E-state index contributed by atoms with van der Waals surface area (Å²) >= 11 is 3.33. The van der Waals surface area contributed by atoms with E-state index in [1.54, 1.807) is 19.1 Å². The minimum absolute atomic E-state index is 0.174. The fraction of sp³-hybridized carbons (Fsp3) is 0.190. The number of rotatable bonds is 9. The predicted molar refractivity (Wildman–Crippen MR) is 118 cm³/mol. The van der Waals surface area contributed by atoms with Crippen LogP contribution in [0.4, 0.5) is 11.4 Å². The normalized spacial score (nSPS) is 10.6. The van der Waals surface area contributed by atoms with E-state index in [0.29, 0.717) is 16.6 Å². The number of carbonyl (C=O) groups is 2. The smallest absolute Gasteiger partial charge is 0.343 e. The van der Waals surface area contributed by atoms with E-state index in [0.717, 1.165) is 0 Å². The number of benzene rings is 2. The summed E-state index contributed by atoms with van der Waals surface area (Å²) in [5, 5.41) is 22.8. The molecule has 166 valence electrons. The van der Waals surface area contributed by atoms with Crippen molar-refractivity contribution in [1.29, 1.82) is 5.26 Å². The molecular weight excluding hydrogens is 486 g/mol. The van der Waals surface area contributed by atoms with Crippen LogP contribution in [0.5, 0.6) is 11.5 Å². The van der Waals surface area contributed by atoms with Crippen LogP contribution >= 0.6 is 15.9 Å². The number of anilines is 1. The van der Waals surface area contributed by atoms with Crippen molar-refractivity contribution in [2.45, 2.75) is 6.92 Å². The Balaban J connectivity index is 2.32. The van der Waals surface area contributed by atoms with Crippen molar-refractivity contribution >= 4 is 45.3 Å². The maximum absolute atomic E-state index is 12.5. The van der Waals surface area contributed by atoms with Gasteiger partial charge in [0.15, 0.2) is 18.1 Å². The molecule has 0 saturated heterocycles. The van der Waals surface area contributed by atoms with Gasteiger partial charge >= 0.3 is 5.97 Å². The van der Waals surface area contributed by atoms with E-state index < -0.39 is 16.8 Å². The number of methoxy groups -OCH3 is 1. The Kier molecular flexibility index (Phi) is 8.73. The first-order valence-corrected chi connectivity index (χ1v) is 9.91. The highest BCUT2D eigenvalue weighted by Crippen LogP contribution is 2.37. The number of nitro benzene ring substituents is 1. The predicted octanol–water partition coefficient (Wildman–Crippen LogP) is 3.85. The molecule has 0 atom stereocenters. The first kappa shape index (κ1) is 24.4. The number of nitro groups is 1.